The molecule has 1 rings (SSSR count). The van der Waals surface area contributed by atoms with Crippen molar-refractivity contribution in [2.24, 2.45) is 0 Å². The number of ether oxygens (including phenoxy) is 1. The Morgan fingerprint density at radius 3 is 2.00 bits per heavy atom. The molecule has 1 aliphatic heterocycles. The van der Waals surface area contributed by atoms with Crippen LogP contribution in [-0.2, 0) is 14.3 Å². The molecular weight excluding hydrogens is 235 g/mol. The lowest BCUT2D eigenvalue weighted by Crippen LogP contribution is -2.00. The van der Waals surface area contributed by atoms with Gasteiger partial charge in [0.2, 0.25) is 0 Å². The zero-order valence-corrected chi connectivity index (χ0v) is 6.76. The van der Waals surface area contributed by atoms with Crippen LogP contribution in [0.25, 0.3) is 0 Å². The first-order valence-corrected chi connectivity index (χ1v) is 3.33. The maximum absolute atomic E-state index is 10.5. The highest BCUT2D eigenvalue weighted by Crippen LogP contribution is 2.21. The summed E-state index contributed by atoms with van der Waals surface area (Å²) in [5.74, 6) is -1.05. The summed E-state index contributed by atoms with van der Waals surface area (Å²) in [6.45, 7) is 1.56. The van der Waals surface area contributed by atoms with Crippen molar-refractivity contribution in [1.82, 2.24) is 0 Å². The SMILES string of the molecule is CC1=C(I)C(=O)OC1=O. The van der Waals surface area contributed by atoms with Gasteiger partial charge in [0, 0.05) is 0 Å². The summed E-state index contributed by atoms with van der Waals surface area (Å²) in [5.41, 5.74) is 0.403. The normalized spacial score (nSPS) is 18.9. The topological polar surface area (TPSA) is 43.4 Å². The first-order chi connectivity index (χ1) is 4.13. The first kappa shape index (κ1) is 6.73. The van der Waals surface area contributed by atoms with E-state index in [2.05, 4.69) is 4.74 Å². The van der Waals surface area contributed by atoms with Crippen LogP contribution >= 0.6 is 22.6 Å². The number of cyclic esters (lactones) is 2. The molecule has 48 valence electrons. The Morgan fingerprint density at radius 1 is 1.33 bits per heavy atom. The van der Waals surface area contributed by atoms with E-state index in [4.69, 9.17) is 0 Å². The molecule has 0 aromatic heterocycles. The third-order valence-electron chi connectivity index (χ3n) is 1.00. The number of hydrogen-bond acceptors (Lipinski definition) is 3. The van der Waals surface area contributed by atoms with Crippen LogP contribution in [-0.4, -0.2) is 11.9 Å². The fraction of sp³-hybridized carbons (Fsp3) is 0.200. The monoisotopic (exact) mass is 238 g/mol. The van der Waals surface area contributed by atoms with Crippen molar-refractivity contribution in [3.8, 4) is 0 Å². The van der Waals surface area contributed by atoms with Gasteiger partial charge in [0.1, 0.15) is 3.58 Å². The van der Waals surface area contributed by atoms with Crippen molar-refractivity contribution in [1.29, 1.82) is 0 Å². The maximum atomic E-state index is 10.5. The largest absolute Gasteiger partial charge is 0.386 e. The van der Waals surface area contributed by atoms with Gasteiger partial charge in [-0.3, -0.25) is 0 Å². The molecule has 1 heterocycles. The molecule has 0 amide bonds. The predicted octanol–water partition coefficient (Wildman–Crippen LogP) is 0.779. The summed E-state index contributed by atoms with van der Waals surface area (Å²) >= 11 is 1.78. The van der Waals surface area contributed by atoms with Crippen LogP contribution in [0.4, 0.5) is 0 Å². The van der Waals surface area contributed by atoms with Gasteiger partial charge in [-0.25, -0.2) is 9.59 Å². The van der Waals surface area contributed by atoms with Gasteiger partial charge in [-0.1, -0.05) is 0 Å². The quantitative estimate of drug-likeness (QED) is 0.355. The van der Waals surface area contributed by atoms with Crippen LogP contribution in [0.2, 0.25) is 0 Å². The third kappa shape index (κ3) is 0.983. The highest BCUT2D eigenvalue weighted by Gasteiger charge is 2.27. The van der Waals surface area contributed by atoms with E-state index >= 15 is 0 Å². The molecule has 0 saturated carbocycles. The van der Waals surface area contributed by atoms with Crippen molar-refractivity contribution < 1.29 is 14.3 Å². The highest BCUT2D eigenvalue weighted by atomic mass is 127. The molecule has 1 aliphatic rings. The van der Waals surface area contributed by atoms with E-state index in [-0.39, 0.29) is 0 Å². The zero-order chi connectivity index (χ0) is 7.02. The summed E-state index contributed by atoms with van der Waals surface area (Å²) in [7, 11) is 0. The van der Waals surface area contributed by atoms with E-state index < -0.39 is 11.9 Å². The smallest absolute Gasteiger partial charge is 0.352 e. The lowest BCUT2D eigenvalue weighted by Gasteiger charge is -1.83. The number of carbonyl (C=O) groups excluding carboxylic acids is 2. The van der Waals surface area contributed by atoms with Gasteiger partial charge in [0.15, 0.2) is 0 Å². The Hall–Kier alpha value is -0.390. The van der Waals surface area contributed by atoms with Gasteiger partial charge >= 0.3 is 11.9 Å². The minimum atomic E-state index is -0.530. The van der Waals surface area contributed by atoms with E-state index in [0.717, 1.165) is 0 Å². The molecule has 0 unspecified atom stereocenters. The van der Waals surface area contributed by atoms with Gasteiger partial charge < -0.3 is 4.74 Å². The average Bonchev–Trinajstić information content (AvgIpc) is 1.98. The van der Waals surface area contributed by atoms with Gasteiger partial charge in [-0.2, -0.15) is 0 Å². The van der Waals surface area contributed by atoms with E-state index in [9.17, 15) is 9.59 Å². The summed E-state index contributed by atoms with van der Waals surface area (Å²) in [5, 5.41) is 0. The van der Waals surface area contributed by atoms with Crippen molar-refractivity contribution in [3.63, 3.8) is 0 Å². The lowest BCUT2D eigenvalue weighted by atomic mass is 10.3. The Morgan fingerprint density at radius 2 is 1.89 bits per heavy atom. The Bertz CT molecular complexity index is 194. The zero-order valence-electron chi connectivity index (χ0n) is 4.60. The van der Waals surface area contributed by atoms with E-state index in [1.165, 1.54) is 0 Å². The Balaban J connectivity index is 3.06. The molecule has 0 bridgehead atoms. The molecule has 0 saturated heterocycles. The number of hydrogen-bond donors (Lipinski definition) is 0. The predicted molar refractivity (Wildman–Crippen MR) is 37.8 cm³/mol. The molecule has 0 atom stereocenters. The van der Waals surface area contributed by atoms with E-state index in [1.807, 2.05) is 0 Å². The van der Waals surface area contributed by atoms with E-state index in [0.29, 0.717) is 9.15 Å². The molecule has 0 spiro atoms. The average molecular weight is 238 g/mol. The third-order valence-corrected chi connectivity index (χ3v) is 2.25. The fourth-order valence-corrected chi connectivity index (χ4v) is 0.779. The second-order valence-corrected chi connectivity index (χ2v) is 2.69. The van der Waals surface area contributed by atoms with Gasteiger partial charge in [-0.05, 0) is 29.5 Å². The molecule has 3 nitrogen and oxygen atoms in total. The van der Waals surface area contributed by atoms with Crippen molar-refractivity contribution in [3.05, 3.63) is 9.15 Å². The molecule has 0 aromatic carbocycles. The summed E-state index contributed by atoms with van der Waals surface area (Å²) in [6.07, 6.45) is 0. The first-order valence-electron chi connectivity index (χ1n) is 2.26. The molecule has 0 N–H and O–H groups in total. The fourth-order valence-electron chi connectivity index (χ4n) is 0.448. The number of rotatable bonds is 0. The van der Waals surface area contributed by atoms with Gasteiger partial charge in [-0.15, -0.1) is 0 Å². The van der Waals surface area contributed by atoms with Crippen molar-refractivity contribution >= 4 is 34.5 Å². The lowest BCUT2D eigenvalue weighted by molar-refractivity contribution is -0.150. The number of esters is 2. The molecule has 0 aliphatic carbocycles. The second-order valence-electron chi connectivity index (χ2n) is 1.62. The molecule has 9 heavy (non-hydrogen) atoms. The van der Waals surface area contributed by atoms with Crippen molar-refractivity contribution in [2.75, 3.05) is 0 Å². The number of carbonyl (C=O) groups is 2. The van der Waals surface area contributed by atoms with Crippen LogP contribution < -0.4 is 0 Å². The standard InChI is InChI=1S/C5H3IO3/c1-2-3(6)5(8)9-4(2)7/h1H3. The molecule has 0 fully saturated rings. The molecular formula is C5H3IO3. The van der Waals surface area contributed by atoms with Crippen LogP contribution in [0.1, 0.15) is 6.92 Å². The van der Waals surface area contributed by atoms with Crippen LogP contribution in [0.3, 0.4) is 0 Å². The highest BCUT2D eigenvalue weighted by molar-refractivity contribution is 14.1. The summed E-state index contributed by atoms with van der Waals surface area (Å²) < 4.78 is 4.61. The Kier molecular flexibility index (Phi) is 1.56. The van der Waals surface area contributed by atoms with Crippen LogP contribution in [0.5, 0.6) is 0 Å². The number of halogens is 1. The minimum Gasteiger partial charge on any atom is -0.386 e. The van der Waals surface area contributed by atoms with Crippen molar-refractivity contribution in [2.45, 2.75) is 6.92 Å². The minimum absolute atomic E-state index is 0.387. The maximum Gasteiger partial charge on any atom is 0.352 e. The molecule has 0 aromatic rings. The van der Waals surface area contributed by atoms with Crippen LogP contribution in [0, 0.1) is 0 Å². The van der Waals surface area contributed by atoms with E-state index in [1.54, 1.807) is 29.5 Å². The molecule has 4 heteroatoms. The Labute approximate surface area is 65.2 Å². The summed E-state index contributed by atoms with van der Waals surface area (Å²) in [4.78, 5) is 21.0. The molecule has 0 radical (unpaired) electrons. The van der Waals surface area contributed by atoms with Gasteiger partial charge in [0.25, 0.3) is 0 Å². The van der Waals surface area contributed by atoms with Crippen LogP contribution in [0.15, 0.2) is 9.15 Å². The summed E-state index contributed by atoms with van der Waals surface area (Å²) in [6, 6.07) is 0. The van der Waals surface area contributed by atoms with Gasteiger partial charge in [0.05, 0.1) is 5.57 Å². The second kappa shape index (κ2) is 2.09.